The van der Waals surface area contributed by atoms with Crippen LogP contribution in [0.15, 0.2) is 164 Å². The molecular weight excluding hydrogens is 647 g/mol. The molecule has 0 fully saturated rings. The van der Waals surface area contributed by atoms with Crippen molar-refractivity contribution in [2.75, 3.05) is 0 Å². The quantitative estimate of drug-likeness (QED) is 0.182. The first-order valence-corrected chi connectivity index (χ1v) is 18.2. The van der Waals surface area contributed by atoms with Gasteiger partial charge in [-0.05, 0) is 46.5 Å². The van der Waals surface area contributed by atoms with Crippen LogP contribution in [0.3, 0.4) is 0 Å². The summed E-state index contributed by atoms with van der Waals surface area (Å²) in [7, 11) is 0. The molecule has 0 bridgehead atoms. The molecule has 0 saturated heterocycles. The molecule has 0 radical (unpaired) electrons. The molecule has 0 unspecified atom stereocenters. The molecule has 0 aliphatic heterocycles. The zero-order valence-electron chi connectivity index (χ0n) is 26.7. The Morgan fingerprint density at radius 2 is 0.840 bits per heavy atom. The summed E-state index contributed by atoms with van der Waals surface area (Å²) in [6, 6.07) is 57.9. The number of benzene rings is 7. The molecule has 50 heavy (non-hydrogen) atoms. The van der Waals surface area contributed by atoms with Crippen LogP contribution in [-0.4, -0.2) is 15.0 Å². The summed E-state index contributed by atoms with van der Waals surface area (Å²) in [6.07, 6.45) is 0. The van der Waals surface area contributed by atoms with Gasteiger partial charge in [-0.3, -0.25) is 0 Å². The fourth-order valence-electron chi connectivity index (χ4n) is 6.85. The Morgan fingerprint density at radius 1 is 0.300 bits per heavy atom. The summed E-state index contributed by atoms with van der Waals surface area (Å²) in [6.45, 7) is 0. The van der Waals surface area contributed by atoms with Crippen LogP contribution in [0.2, 0.25) is 0 Å². The van der Waals surface area contributed by atoms with Gasteiger partial charge in [-0.25, -0.2) is 15.0 Å². The van der Waals surface area contributed by atoms with Gasteiger partial charge in [0.15, 0.2) is 17.5 Å². The maximum Gasteiger partial charge on any atom is 0.164 e. The molecule has 0 atom stereocenters. The van der Waals surface area contributed by atoms with Crippen molar-refractivity contribution >= 4 is 63.0 Å². The van der Waals surface area contributed by atoms with Gasteiger partial charge < -0.3 is 0 Å². The van der Waals surface area contributed by atoms with E-state index in [1.165, 1.54) is 57.0 Å². The molecule has 0 spiro atoms. The molecule has 7 aromatic carbocycles. The van der Waals surface area contributed by atoms with E-state index < -0.39 is 0 Å². The third kappa shape index (κ3) is 4.98. The molecule has 0 aliphatic carbocycles. The lowest BCUT2D eigenvalue weighted by Gasteiger charge is -2.09. The smallest absolute Gasteiger partial charge is 0.164 e. The van der Waals surface area contributed by atoms with Crippen molar-refractivity contribution in [3.05, 3.63) is 164 Å². The van der Waals surface area contributed by atoms with E-state index >= 15 is 0 Å². The first-order chi connectivity index (χ1) is 24.7. The van der Waals surface area contributed by atoms with E-state index in [9.17, 15) is 0 Å². The Labute approximate surface area is 296 Å². The van der Waals surface area contributed by atoms with Crippen LogP contribution < -0.4 is 0 Å². The van der Waals surface area contributed by atoms with Crippen molar-refractivity contribution in [1.82, 2.24) is 15.0 Å². The van der Waals surface area contributed by atoms with Crippen LogP contribution in [0.25, 0.3) is 96.8 Å². The second-order valence-corrected chi connectivity index (χ2v) is 14.6. The van der Waals surface area contributed by atoms with Crippen molar-refractivity contribution < 1.29 is 0 Å². The number of fused-ring (bicyclic) bond motifs is 6. The van der Waals surface area contributed by atoms with Gasteiger partial charge in [-0.15, -0.1) is 22.7 Å². The Hall–Kier alpha value is -6.01. The zero-order valence-corrected chi connectivity index (χ0v) is 28.4. The molecule has 3 heterocycles. The third-order valence-electron chi connectivity index (χ3n) is 9.36. The van der Waals surface area contributed by atoms with Gasteiger partial charge in [-0.1, -0.05) is 140 Å². The van der Waals surface area contributed by atoms with Crippen molar-refractivity contribution in [2.45, 2.75) is 0 Å². The van der Waals surface area contributed by atoms with Gasteiger partial charge in [0.1, 0.15) is 0 Å². The standard InChI is InChI=1S/C45H27N3S2/c1-3-10-28(11-4-1)29-18-20-31(21-19-29)44-46-43(30-12-5-2-6-13-30)47-45(48-44)33-22-24-36-38-26-32(23-25-40(38)49-41(36)27-33)34-15-9-16-37-35-14-7-8-17-39(35)50-42(34)37/h1-27H. The highest BCUT2D eigenvalue weighted by Gasteiger charge is 2.16. The van der Waals surface area contributed by atoms with E-state index in [1.54, 1.807) is 0 Å². The molecule has 0 amide bonds. The average molecular weight is 674 g/mol. The summed E-state index contributed by atoms with van der Waals surface area (Å²) in [4.78, 5) is 15.0. The maximum atomic E-state index is 5.05. The van der Waals surface area contributed by atoms with E-state index in [4.69, 9.17) is 15.0 Å². The minimum Gasteiger partial charge on any atom is -0.208 e. The molecule has 10 rings (SSSR count). The molecule has 5 heteroatoms. The van der Waals surface area contributed by atoms with Crippen LogP contribution in [0.5, 0.6) is 0 Å². The van der Waals surface area contributed by atoms with Crippen LogP contribution in [-0.2, 0) is 0 Å². The molecule has 10 aromatic rings. The first-order valence-electron chi connectivity index (χ1n) is 16.6. The summed E-state index contributed by atoms with van der Waals surface area (Å²) in [5.41, 5.74) is 7.75. The number of hydrogen-bond acceptors (Lipinski definition) is 5. The lowest BCUT2D eigenvalue weighted by Crippen LogP contribution is -2.00. The van der Waals surface area contributed by atoms with Gasteiger partial charge >= 0.3 is 0 Å². The van der Waals surface area contributed by atoms with E-state index in [0.717, 1.165) is 22.3 Å². The maximum absolute atomic E-state index is 5.05. The van der Waals surface area contributed by atoms with Gasteiger partial charge in [-0.2, -0.15) is 0 Å². The summed E-state index contributed by atoms with van der Waals surface area (Å²) >= 11 is 3.69. The second kappa shape index (κ2) is 11.8. The van der Waals surface area contributed by atoms with Crippen molar-refractivity contribution in [3.8, 4) is 56.4 Å². The SMILES string of the molecule is c1ccc(-c2ccc(-c3nc(-c4ccccc4)nc(-c4ccc5c(c4)sc4ccc(-c6cccc7c6sc6ccccc67)cc45)n3)cc2)cc1. The minimum atomic E-state index is 0.657. The van der Waals surface area contributed by atoms with Crippen molar-refractivity contribution in [1.29, 1.82) is 0 Å². The number of aromatic nitrogens is 3. The van der Waals surface area contributed by atoms with E-state index in [-0.39, 0.29) is 0 Å². The normalized spacial score (nSPS) is 11.6. The Bertz CT molecular complexity index is 2850. The third-order valence-corrected chi connectivity index (χ3v) is 11.7. The van der Waals surface area contributed by atoms with Gasteiger partial charge in [0, 0.05) is 57.0 Å². The lowest BCUT2D eigenvalue weighted by atomic mass is 10.0. The zero-order chi connectivity index (χ0) is 33.0. The number of nitrogens with zero attached hydrogens (tertiary/aromatic N) is 3. The lowest BCUT2D eigenvalue weighted by molar-refractivity contribution is 1.07. The largest absolute Gasteiger partial charge is 0.208 e. The fourth-order valence-corrected chi connectivity index (χ4v) is 9.22. The van der Waals surface area contributed by atoms with E-state index in [1.807, 2.05) is 59.1 Å². The topological polar surface area (TPSA) is 38.7 Å². The van der Waals surface area contributed by atoms with E-state index in [2.05, 4.69) is 127 Å². The van der Waals surface area contributed by atoms with Crippen LogP contribution >= 0.6 is 22.7 Å². The fraction of sp³-hybridized carbons (Fsp3) is 0. The highest BCUT2D eigenvalue weighted by molar-refractivity contribution is 7.26. The van der Waals surface area contributed by atoms with Crippen LogP contribution in [0, 0.1) is 0 Å². The van der Waals surface area contributed by atoms with Crippen molar-refractivity contribution in [3.63, 3.8) is 0 Å². The Morgan fingerprint density at radius 3 is 1.62 bits per heavy atom. The average Bonchev–Trinajstić information content (AvgIpc) is 3.76. The number of hydrogen-bond donors (Lipinski definition) is 0. The predicted molar refractivity (Wildman–Crippen MR) is 213 cm³/mol. The highest BCUT2D eigenvalue weighted by atomic mass is 32.1. The Kier molecular flexibility index (Phi) is 6.86. The Balaban J connectivity index is 1.07. The van der Waals surface area contributed by atoms with Gasteiger partial charge in [0.25, 0.3) is 0 Å². The minimum absolute atomic E-state index is 0.657. The molecule has 3 aromatic heterocycles. The van der Waals surface area contributed by atoms with Gasteiger partial charge in [0.2, 0.25) is 0 Å². The van der Waals surface area contributed by atoms with Crippen molar-refractivity contribution in [2.24, 2.45) is 0 Å². The monoisotopic (exact) mass is 673 g/mol. The predicted octanol–water partition coefficient (Wildman–Crippen LogP) is 12.9. The summed E-state index contributed by atoms with van der Waals surface area (Å²) < 4.78 is 5.14. The molecule has 0 aliphatic rings. The number of thiophene rings is 2. The summed E-state index contributed by atoms with van der Waals surface area (Å²) in [5, 5.41) is 5.16. The second-order valence-electron chi connectivity index (χ2n) is 12.4. The van der Waals surface area contributed by atoms with Crippen LogP contribution in [0.4, 0.5) is 0 Å². The van der Waals surface area contributed by atoms with Gasteiger partial charge in [0.05, 0.1) is 0 Å². The van der Waals surface area contributed by atoms with E-state index in [0.29, 0.717) is 17.5 Å². The summed E-state index contributed by atoms with van der Waals surface area (Å²) in [5.74, 6) is 1.98. The van der Waals surface area contributed by atoms with Crippen LogP contribution in [0.1, 0.15) is 0 Å². The molecule has 0 N–H and O–H groups in total. The first kappa shape index (κ1) is 29.0. The molecular formula is C45H27N3S2. The highest BCUT2D eigenvalue weighted by Crippen LogP contribution is 2.43. The number of rotatable bonds is 5. The molecule has 234 valence electrons. The molecule has 0 saturated carbocycles. The molecule has 3 nitrogen and oxygen atoms in total.